The largest absolute Gasteiger partial charge is 0.472 e. The van der Waals surface area contributed by atoms with Crippen LogP contribution in [0.5, 0.6) is 5.88 Å². The van der Waals surface area contributed by atoms with Crippen LogP contribution >= 0.6 is 0 Å². The van der Waals surface area contributed by atoms with Gasteiger partial charge in [0.05, 0.1) is 17.1 Å². The number of pyridine rings is 2. The highest BCUT2D eigenvalue weighted by atomic mass is 19.4. The van der Waals surface area contributed by atoms with Crippen molar-refractivity contribution in [3.63, 3.8) is 0 Å². The van der Waals surface area contributed by atoms with Gasteiger partial charge in [0.1, 0.15) is 23.4 Å². The number of hydrogen-bond acceptors (Lipinski definition) is 7. The number of ether oxygens (including phenoxy) is 1. The summed E-state index contributed by atoms with van der Waals surface area (Å²) >= 11 is 0. The molecule has 8 nitrogen and oxygen atoms in total. The number of anilines is 1. The van der Waals surface area contributed by atoms with Crippen molar-refractivity contribution in [2.24, 2.45) is 0 Å². The van der Waals surface area contributed by atoms with E-state index in [0.29, 0.717) is 44.1 Å². The van der Waals surface area contributed by atoms with Gasteiger partial charge in [-0.05, 0) is 45.6 Å². The topological polar surface area (TPSA) is 90.6 Å². The minimum absolute atomic E-state index is 0.0126. The molecule has 0 saturated heterocycles. The number of fused-ring (bicyclic) bond motifs is 1. The molecule has 12 heteroatoms. The molecular weight excluding hydrogens is 490 g/mol. The van der Waals surface area contributed by atoms with Crippen molar-refractivity contribution in [2.75, 3.05) is 11.9 Å². The molecule has 0 spiro atoms. The van der Waals surface area contributed by atoms with Crippen molar-refractivity contribution < 1.29 is 22.3 Å². The summed E-state index contributed by atoms with van der Waals surface area (Å²) in [5.74, 6) is -0.717. The van der Waals surface area contributed by atoms with Gasteiger partial charge < -0.3 is 10.1 Å². The fraction of sp³-hybridized carbons (Fsp3) is 0.400. The third-order valence-electron chi connectivity index (χ3n) is 6.43. The van der Waals surface area contributed by atoms with Crippen LogP contribution in [0.4, 0.5) is 23.4 Å². The Kier molecular flexibility index (Phi) is 6.65. The highest BCUT2D eigenvalue weighted by Crippen LogP contribution is 2.38. The van der Waals surface area contributed by atoms with Crippen LogP contribution in [0.1, 0.15) is 50.0 Å². The second-order valence-electron chi connectivity index (χ2n) is 8.95. The van der Waals surface area contributed by atoms with E-state index in [1.165, 1.54) is 0 Å². The summed E-state index contributed by atoms with van der Waals surface area (Å²) in [7, 11) is 0. The summed E-state index contributed by atoms with van der Waals surface area (Å²) in [4.78, 5) is 16.8. The molecule has 1 aliphatic rings. The van der Waals surface area contributed by atoms with E-state index in [1.54, 1.807) is 18.6 Å². The zero-order valence-electron chi connectivity index (χ0n) is 20.3. The van der Waals surface area contributed by atoms with Gasteiger partial charge in [0, 0.05) is 48.3 Å². The first kappa shape index (κ1) is 24.8. The molecule has 5 rings (SSSR count). The fourth-order valence-corrected chi connectivity index (χ4v) is 4.61. The first-order valence-electron chi connectivity index (χ1n) is 12.0. The zero-order valence-corrected chi connectivity index (χ0v) is 20.3. The van der Waals surface area contributed by atoms with Gasteiger partial charge in [-0.2, -0.15) is 18.3 Å². The second-order valence-corrected chi connectivity index (χ2v) is 8.95. The lowest BCUT2D eigenvalue weighted by Gasteiger charge is -2.29. The molecule has 0 unspecified atom stereocenters. The second kappa shape index (κ2) is 9.91. The van der Waals surface area contributed by atoms with Crippen molar-refractivity contribution in [2.45, 2.75) is 57.9 Å². The Morgan fingerprint density at radius 1 is 1.05 bits per heavy atom. The van der Waals surface area contributed by atoms with Crippen LogP contribution in [0.25, 0.3) is 22.2 Å². The van der Waals surface area contributed by atoms with Crippen LogP contribution in [0.2, 0.25) is 0 Å². The van der Waals surface area contributed by atoms with Gasteiger partial charge in [0.2, 0.25) is 0 Å². The SMILES string of the molecule is CCNc1cc2c(cn1)c(-c1cnc(C)nc1)nn2[C@H]1CC[C@@H](Oc2nccc(C(F)(F)F)c2F)CC1. The minimum Gasteiger partial charge on any atom is -0.472 e. The first-order chi connectivity index (χ1) is 17.7. The number of halogens is 4. The highest BCUT2D eigenvalue weighted by molar-refractivity contribution is 5.93. The van der Waals surface area contributed by atoms with E-state index >= 15 is 0 Å². The summed E-state index contributed by atoms with van der Waals surface area (Å²) in [6.07, 6.45) is 3.20. The zero-order chi connectivity index (χ0) is 26.2. The van der Waals surface area contributed by atoms with Crippen molar-refractivity contribution in [1.82, 2.24) is 29.7 Å². The minimum atomic E-state index is -4.81. The smallest absolute Gasteiger partial charge is 0.419 e. The maximum absolute atomic E-state index is 14.4. The van der Waals surface area contributed by atoms with E-state index in [4.69, 9.17) is 9.84 Å². The van der Waals surface area contributed by atoms with Crippen molar-refractivity contribution >= 4 is 16.7 Å². The lowest BCUT2D eigenvalue weighted by Crippen LogP contribution is -2.27. The van der Waals surface area contributed by atoms with Gasteiger partial charge in [0.15, 0.2) is 5.82 Å². The Hall–Kier alpha value is -3.83. The summed E-state index contributed by atoms with van der Waals surface area (Å²) in [5.41, 5.74) is 1.01. The Morgan fingerprint density at radius 2 is 1.78 bits per heavy atom. The Morgan fingerprint density at radius 3 is 2.46 bits per heavy atom. The number of nitrogens with zero attached hydrogens (tertiary/aromatic N) is 6. The van der Waals surface area contributed by atoms with Gasteiger partial charge in [-0.25, -0.2) is 24.3 Å². The molecule has 0 aliphatic heterocycles. The molecule has 0 amide bonds. The van der Waals surface area contributed by atoms with Crippen LogP contribution in [0.3, 0.4) is 0 Å². The molecule has 0 atom stereocenters. The maximum atomic E-state index is 14.4. The number of aryl methyl sites for hydroxylation is 1. The van der Waals surface area contributed by atoms with E-state index in [-0.39, 0.29) is 6.04 Å². The van der Waals surface area contributed by atoms with Crippen molar-refractivity contribution in [1.29, 1.82) is 0 Å². The molecule has 0 bridgehead atoms. The fourth-order valence-electron chi connectivity index (χ4n) is 4.61. The number of nitrogens with one attached hydrogen (secondary N) is 1. The van der Waals surface area contributed by atoms with Crippen molar-refractivity contribution in [3.05, 3.63) is 54.1 Å². The van der Waals surface area contributed by atoms with E-state index < -0.39 is 29.5 Å². The average Bonchev–Trinajstić information content (AvgIpc) is 3.24. The number of rotatable bonds is 6. The lowest BCUT2D eigenvalue weighted by atomic mass is 9.93. The molecule has 194 valence electrons. The maximum Gasteiger partial charge on any atom is 0.419 e. The van der Waals surface area contributed by atoms with Crippen LogP contribution in [-0.2, 0) is 6.18 Å². The molecule has 1 N–H and O–H groups in total. The quantitative estimate of drug-likeness (QED) is 0.327. The average molecular weight is 516 g/mol. The molecule has 1 fully saturated rings. The normalized spacial score (nSPS) is 18.2. The molecule has 37 heavy (non-hydrogen) atoms. The summed E-state index contributed by atoms with van der Waals surface area (Å²) in [5, 5.41) is 8.99. The standard InChI is InChI=1S/C25H25F4N7O/c1-3-30-21-10-20-18(13-34-21)23(15-11-32-14(2)33-12-15)35-36(20)16-4-6-17(7-5-16)37-24-22(26)19(8-9-31-24)25(27,28)29/h8-13,16-17H,3-7H2,1-2H3,(H,30,34)/t16-,17+. The van der Waals surface area contributed by atoms with E-state index in [0.717, 1.165) is 34.2 Å². The monoisotopic (exact) mass is 515 g/mol. The van der Waals surface area contributed by atoms with E-state index in [9.17, 15) is 17.6 Å². The van der Waals surface area contributed by atoms with Gasteiger partial charge >= 0.3 is 6.18 Å². The Balaban J connectivity index is 1.39. The third-order valence-corrected chi connectivity index (χ3v) is 6.43. The van der Waals surface area contributed by atoms with Gasteiger partial charge in [-0.1, -0.05) is 0 Å². The van der Waals surface area contributed by atoms with E-state index in [2.05, 4.69) is 25.3 Å². The predicted octanol–water partition coefficient (Wildman–Crippen LogP) is 5.74. The molecule has 0 radical (unpaired) electrons. The van der Waals surface area contributed by atoms with E-state index in [1.807, 2.05) is 24.6 Å². The molecule has 4 heterocycles. The number of aromatic nitrogens is 6. The molecular formula is C25H25F4N7O. The third kappa shape index (κ3) is 5.05. The van der Waals surface area contributed by atoms with Crippen LogP contribution in [0, 0.1) is 12.7 Å². The Labute approximate surface area is 210 Å². The summed E-state index contributed by atoms with van der Waals surface area (Å²) in [6.45, 7) is 4.52. The molecule has 4 aromatic heterocycles. The molecule has 1 saturated carbocycles. The van der Waals surface area contributed by atoms with Crippen molar-refractivity contribution in [3.8, 4) is 17.1 Å². The highest BCUT2D eigenvalue weighted by Gasteiger charge is 2.36. The number of alkyl halides is 3. The van der Waals surface area contributed by atoms with Crippen LogP contribution in [-0.4, -0.2) is 42.4 Å². The van der Waals surface area contributed by atoms with Gasteiger partial charge in [-0.3, -0.25) is 4.68 Å². The summed E-state index contributed by atoms with van der Waals surface area (Å²) in [6, 6.07) is 2.57. The van der Waals surface area contributed by atoms with Gasteiger partial charge in [-0.15, -0.1) is 0 Å². The Bertz CT molecular complexity index is 1400. The molecule has 1 aliphatic carbocycles. The predicted molar refractivity (Wildman–Crippen MR) is 129 cm³/mol. The molecule has 0 aromatic carbocycles. The molecule has 4 aromatic rings. The lowest BCUT2D eigenvalue weighted by molar-refractivity contribution is -0.140. The van der Waals surface area contributed by atoms with Crippen LogP contribution in [0.15, 0.2) is 36.9 Å². The first-order valence-corrected chi connectivity index (χ1v) is 12.0. The number of hydrogen-bond donors (Lipinski definition) is 1. The summed E-state index contributed by atoms with van der Waals surface area (Å²) < 4.78 is 61.1. The van der Waals surface area contributed by atoms with Crippen LogP contribution < -0.4 is 10.1 Å². The van der Waals surface area contributed by atoms with Gasteiger partial charge in [0.25, 0.3) is 5.88 Å².